The Morgan fingerprint density at radius 1 is 1.09 bits per heavy atom. The van der Waals surface area contributed by atoms with Crippen molar-refractivity contribution in [1.82, 2.24) is 19.7 Å². The number of aryl methyl sites for hydroxylation is 1. The van der Waals surface area contributed by atoms with Crippen molar-refractivity contribution in [3.8, 4) is 11.6 Å². The van der Waals surface area contributed by atoms with Gasteiger partial charge in [-0.1, -0.05) is 17.7 Å². The summed E-state index contributed by atoms with van der Waals surface area (Å²) < 4.78 is 12.5. The first kappa shape index (κ1) is 23.6. The Labute approximate surface area is 192 Å². The normalized spacial score (nSPS) is 10.5. The lowest BCUT2D eigenvalue weighted by Crippen LogP contribution is -2.33. The van der Waals surface area contributed by atoms with E-state index in [1.165, 1.54) is 17.1 Å². The molecular formula is C23H28N6O4. The third-order valence-corrected chi connectivity index (χ3v) is 4.69. The van der Waals surface area contributed by atoms with Crippen LogP contribution in [0.4, 0.5) is 11.4 Å². The molecule has 10 nitrogen and oxygen atoms in total. The highest BCUT2D eigenvalue weighted by Gasteiger charge is 2.12. The molecule has 0 saturated carbocycles. The smallest absolute Gasteiger partial charge is 0.244 e. The van der Waals surface area contributed by atoms with Gasteiger partial charge in [-0.3, -0.25) is 14.3 Å². The molecule has 33 heavy (non-hydrogen) atoms. The van der Waals surface area contributed by atoms with Crippen LogP contribution >= 0.6 is 0 Å². The van der Waals surface area contributed by atoms with Gasteiger partial charge in [-0.2, -0.15) is 5.10 Å². The zero-order valence-electron chi connectivity index (χ0n) is 18.7. The summed E-state index contributed by atoms with van der Waals surface area (Å²) in [6, 6.07) is 11.1. The molecule has 0 aliphatic carbocycles. The molecule has 0 bridgehead atoms. The summed E-state index contributed by atoms with van der Waals surface area (Å²) in [4.78, 5) is 30.1. The Bertz CT molecular complexity index is 1050. The highest BCUT2D eigenvalue weighted by Crippen LogP contribution is 2.12. The van der Waals surface area contributed by atoms with Crippen LogP contribution in [0, 0.1) is 6.92 Å². The molecule has 2 heterocycles. The number of rotatable bonds is 11. The predicted molar refractivity (Wildman–Crippen MR) is 124 cm³/mol. The summed E-state index contributed by atoms with van der Waals surface area (Å²) in [5, 5.41) is 6.86. The number of carbonyl (C=O) groups excluding carboxylic acids is 2. The van der Waals surface area contributed by atoms with Crippen LogP contribution in [0.2, 0.25) is 0 Å². The fourth-order valence-electron chi connectivity index (χ4n) is 2.78. The van der Waals surface area contributed by atoms with Gasteiger partial charge in [0.25, 0.3) is 0 Å². The van der Waals surface area contributed by atoms with Gasteiger partial charge in [-0.15, -0.1) is 0 Å². The first-order valence-electron chi connectivity index (χ1n) is 10.5. The second kappa shape index (κ2) is 11.5. The lowest BCUT2D eigenvalue weighted by Gasteiger charge is -2.17. The zero-order chi connectivity index (χ0) is 23.6. The Morgan fingerprint density at radius 3 is 2.61 bits per heavy atom. The van der Waals surface area contributed by atoms with E-state index in [-0.39, 0.29) is 31.4 Å². The first-order valence-corrected chi connectivity index (χ1v) is 10.5. The van der Waals surface area contributed by atoms with Crippen molar-refractivity contribution in [3.63, 3.8) is 0 Å². The van der Waals surface area contributed by atoms with Crippen LogP contribution in [0.5, 0.6) is 11.6 Å². The lowest BCUT2D eigenvalue weighted by atomic mass is 10.2. The summed E-state index contributed by atoms with van der Waals surface area (Å²) in [5.74, 6) is 0.815. The maximum Gasteiger partial charge on any atom is 0.244 e. The molecule has 0 saturated heterocycles. The number of aromatic nitrogens is 3. The van der Waals surface area contributed by atoms with E-state index in [0.717, 1.165) is 11.3 Å². The fourth-order valence-corrected chi connectivity index (χ4v) is 2.78. The van der Waals surface area contributed by atoms with Gasteiger partial charge in [0, 0.05) is 19.3 Å². The van der Waals surface area contributed by atoms with Gasteiger partial charge < -0.3 is 25.4 Å². The highest BCUT2D eigenvalue weighted by atomic mass is 16.5. The van der Waals surface area contributed by atoms with Crippen LogP contribution in [0.25, 0.3) is 0 Å². The molecule has 1 aromatic carbocycles. The minimum atomic E-state index is -0.235. The Morgan fingerprint density at radius 2 is 1.88 bits per heavy atom. The van der Waals surface area contributed by atoms with E-state index in [0.29, 0.717) is 30.4 Å². The number of carbonyl (C=O) groups is 2. The zero-order valence-corrected chi connectivity index (χ0v) is 18.7. The average Bonchev–Trinajstić information content (AvgIpc) is 3.22. The van der Waals surface area contributed by atoms with E-state index in [1.54, 1.807) is 30.3 Å². The third-order valence-electron chi connectivity index (χ3n) is 4.69. The molecule has 2 aromatic heterocycles. The molecule has 0 spiro atoms. The van der Waals surface area contributed by atoms with Crippen LogP contribution in [0.1, 0.15) is 12.0 Å². The van der Waals surface area contributed by atoms with Crippen molar-refractivity contribution in [1.29, 1.82) is 0 Å². The second-order valence-electron chi connectivity index (χ2n) is 7.48. The maximum absolute atomic E-state index is 12.4. The molecule has 3 rings (SSSR count). The summed E-state index contributed by atoms with van der Waals surface area (Å²) in [7, 11) is 1.71. The molecule has 0 radical (unpaired) electrons. The second-order valence-corrected chi connectivity index (χ2v) is 7.48. The fraction of sp³-hybridized carbons (Fsp3) is 0.304. The number of nitrogens with zero attached hydrogens (tertiary/aromatic N) is 4. The quantitative estimate of drug-likeness (QED) is 0.456. The number of ether oxygens (including phenoxy) is 2. The van der Waals surface area contributed by atoms with Gasteiger partial charge in [0.15, 0.2) is 0 Å². The number of benzene rings is 1. The highest BCUT2D eigenvalue weighted by molar-refractivity contribution is 5.90. The van der Waals surface area contributed by atoms with Crippen molar-refractivity contribution in [2.75, 3.05) is 37.9 Å². The molecule has 0 unspecified atom stereocenters. The molecule has 0 aliphatic rings. The number of pyridine rings is 1. The van der Waals surface area contributed by atoms with Crippen molar-refractivity contribution in [2.24, 2.45) is 0 Å². The van der Waals surface area contributed by atoms with Gasteiger partial charge in [0.1, 0.15) is 18.9 Å². The summed E-state index contributed by atoms with van der Waals surface area (Å²) in [6.07, 6.45) is 4.72. The van der Waals surface area contributed by atoms with E-state index in [9.17, 15) is 9.59 Å². The van der Waals surface area contributed by atoms with E-state index in [1.807, 2.05) is 31.2 Å². The number of nitrogens with one attached hydrogen (secondary N) is 1. The molecule has 174 valence electrons. The SMILES string of the molecule is Cc1ccc(OCCN(C)C(=O)Cn2cc(NC(=O)CCOc3ccc(N)cn3)cn2)cc1. The number of amides is 2. The monoisotopic (exact) mass is 452 g/mol. The van der Waals surface area contributed by atoms with Crippen molar-refractivity contribution < 1.29 is 19.1 Å². The number of hydrogen-bond donors (Lipinski definition) is 2. The largest absolute Gasteiger partial charge is 0.492 e. The van der Waals surface area contributed by atoms with Crippen molar-refractivity contribution >= 4 is 23.2 Å². The van der Waals surface area contributed by atoms with Crippen LogP contribution in [-0.4, -0.2) is 58.3 Å². The number of nitrogens with two attached hydrogens (primary N) is 1. The Kier molecular flexibility index (Phi) is 8.23. The van der Waals surface area contributed by atoms with Gasteiger partial charge >= 0.3 is 0 Å². The van der Waals surface area contributed by atoms with E-state index < -0.39 is 0 Å². The summed E-state index contributed by atoms with van der Waals surface area (Å²) >= 11 is 0. The molecule has 3 N–H and O–H groups in total. The number of hydrogen-bond acceptors (Lipinski definition) is 7. The third kappa shape index (κ3) is 7.84. The number of nitrogen functional groups attached to an aromatic ring is 1. The van der Waals surface area contributed by atoms with Gasteiger partial charge in [0.2, 0.25) is 17.7 Å². The molecule has 3 aromatic rings. The standard InChI is InChI=1S/C23H28N6O4/c1-17-3-6-20(7-4-17)32-12-10-28(2)23(31)16-29-15-19(14-26-29)27-21(30)9-11-33-22-8-5-18(24)13-25-22/h3-8,13-15H,9-12,16,24H2,1-2H3,(H,27,30). The van der Waals surface area contributed by atoms with Crippen molar-refractivity contribution in [2.45, 2.75) is 19.9 Å². The summed E-state index contributed by atoms with van der Waals surface area (Å²) in [6.45, 7) is 3.07. The predicted octanol–water partition coefficient (Wildman–Crippen LogP) is 2.11. The van der Waals surface area contributed by atoms with Crippen LogP contribution in [0.15, 0.2) is 55.0 Å². The number of likely N-dealkylation sites (N-methyl/N-ethyl adjacent to an activating group) is 1. The summed E-state index contributed by atoms with van der Waals surface area (Å²) in [5.41, 5.74) is 7.77. The van der Waals surface area contributed by atoms with E-state index >= 15 is 0 Å². The first-order chi connectivity index (χ1) is 15.9. The van der Waals surface area contributed by atoms with Gasteiger partial charge in [0.05, 0.1) is 43.3 Å². The Balaban J connectivity index is 1.36. The molecule has 2 amide bonds. The lowest BCUT2D eigenvalue weighted by molar-refractivity contribution is -0.131. The molecule has 0 aliphatic heterocycles. The molecule has 0 atom stereocenters. The minimum Gasteiger partial charge on any atom is -0.492 e. The number of anilines is 2. The van der Waals surface area contributed by atoms with Crippen LogP contribution < -0.4 is 20.5 Å². The van der Waals surface area contributed by atoms with E-state index in [2.05, 4.69) is 15.4 Å². The van der Waals surface area contributed by atoms with Crippen LogP contribution in [-0.2, 0) is 16.1 Å². The maximum atomic E-state index is 12.4. The Hall–Kier alpha value is -4.08. The molecule has 0 fully saturated rings. The minimum absolute atomic E-state index is 0.0584. The van der Waals surface area contributed by atoms with Gasteiger partial charge in [-0.05, 0) is 25.1 Å². The van der Waals surface area contributed by atoms with E-state index in [4.69, 9.17) is 15.2 Å². The van der Waals surface area contributed by atoms with Crippen molar-refractivity contribution in [3.05, 3.63) is 60.6 Å². The molecule has 10 heteroatoms. The average molecular weight is 453 g/mol. The van der Waals surface area contributed by atoms with Gasteiger partial charge in [-0.25, -0.2) is 4.98 Å². The van der Waals surface area contributed by atoms with Crippen LogP contribution in [0.3, 0.4) is 0 Å². The molecular weight excluding hydrogens is 424 g/mol. The topological polar surface area (TPSA) is 125 Å².